The molecule has 0 unspecified atom stereocenters. The van der Waals surface area contributed by atoms with Gasteiger partial charge >= 0.3 is 5.97 Å². The second kappa shape index (κ2) is 10.2. The van der Waals surface area contributed by atoms with Gasteiger partial charge in [-0.25, -0.2) is 4.79 Å². The van der Waals surface area contributed by atoms with Crippen LogP contribution in [0, 0.1) is 31.1 Å². The topological polar surface area (TPSA) is 113 Å². The van der Waals surface area contributed by atoms with Crippen molar-refractivity contribution < 1.29 is 19.1 Å². The third-order valence-electron chi connectivity index (χ3n) is 3.86. The standard InChI is InChI=1S/C19H26N4O4/c1-12(2)10-23-13(3)6-15(14(23)4)7-16(8-20)19(26)27-11-18(25)22-9-17(24)21-5/h6-7,12H,9-11H2,1-5H3,(H,21,24)(H,22,25)/b16-7+. The summed E-state index contributed by atoms with van der Waals surface area (Å²) < 4.78 is 6.98. The Morgan fingerprint density at radius 2 is 1.96 bits per heavy atom. The number of likely N-dealkylation sites (N-methyl/N-ethyl adjacent to an activating group) is 1. The summed E-state index contributed by atoms with van der Waals surface area (Å²) in [4.78, 5) is 34.7. The quantitative estimate of drug-likeness (QED) is 0.401. The van der Waals surface area contributed by atoms with Crippen molar-refractivity contribution in [2.75, 3.05) is 20.2 Å². The van der Waals surface area contributed by atoms with Crippen molar-refractivity contribution in [3.05, 3.63) is 28.6 Å². The van der Waals surface area contributed by atoms with Crippen molar-refractivity contribution in [3.63, 3.8) is 0 Å². The molecule has 1 aromatic heterocycles. The van der Waals surface area contributed by atoms with Crippen molar-refractivity contribution >= 4 is 23.9 Å². The highest BCUT2D eigenvalue weighted by molar-refractivity contribution is 5.99. The number of nitrogens with zero attached hydrogens (tertiary/aromatic N) is 2. The normalized spacial score (nSPS) is 11.1. The number of nitriles is 1. The molecule has 0 saturated carbocycles. The molecule has 146 valence electrons. The van der Waals surface area contributed by atoms with Gasteiger partial charge in [-0.3, -0.25) is 9.59 Å². The van der Waals surface area contributed by atoms with Crippen LogP contribution in [0.15, 0.2) is 11.6 Å². The van der Waals surface area contributed by atoms with E-state index in [9.17, 15) is 19.6 Å². The minimum atomic E-state index is -0.888. The first-order chi connectivity index (χ1) is 12.7. The van der Waals surface area contributed by atoms with Gasteiger partial charge in [-0.05, 0) is 37.5 Å². The number of amides is 2. The molecule has 0 radical (unpaired) electrons. The van der Waals surface area contributed by atoms with Gasteiger partial charge in [-0.1, -0.05) is 13.8 Å². The second-order valence-electron chi connectivity index (χ2n) is 6.53. The van der Waals surface area contributed by atoms with E-state index in [0.717, 1.165) is 23.5 Å². The fourth-order valence-corrected chi connectivity index (χ4v) is 2.44. The first-order valence-corrected chi connectivity index (χ1v) is 8.62. The smallest absolute Gasteiger partial charge is 0.349 e. The predicted molar refractivity (Wildman–Crippen MR) is 100 cm³/mol. The highest BCUT2D eigenvalue weighted by atomic mass is 16.5. The van der Waals surface area contributed by atoms with E-state index in [4.69, 9.17) is 4.74 Å². The molecule has 0 aromatic carbocycles. The Morgan fingerprint density at radius 1 is 1.30 bits per heavy atom. The highest BCUT2D eigenvalue weighted by Gasteiger charge is 2.16. The fraction of sp³-hybridized carbons (Fsp3) is 0.474. The highest BCUT2D eigenvalue weighted by Crippen LogP contribution is 2.20. The van der Waals surface area contributed by atoms with Crippen molar-refractivity contribution in [1.29, 1.82) is 5.26 Å². The zero-order valence-electron chi connectivity index (χ0n) is 16.4. The lowest BCUT2D eigenvalue weighted by Gasteiger charge is -2.12. The van der Waals surface area contributed by atoms with E-state index in [1.54, 1.807) is 0 Å². The van der Waals surface area contributed by atoms with E-state index >= 15 is 0 Å². The zero-order valence-corrected chi connectivity index (χ0v) is 16.4. The largest absolute Gasteiger partial charge is 0.451 e. The lowest BCUT2D eigenvalue weighted by molar-refractivity contribution is -0.144. The van der Waals surface area contributed by atoms with Crippen LogP contribution in [0.4, 0.5) is 0 Å². The molecule has 0 aliphatic carbocycles. The number of hydrogen-bond donors (Lipinski definition) is 2. The maximum atomic E-state index is 12.1. The Morgan fingerprint density at radius 3 is 2.52 bits per heavy atom. The van der Waals surface area contributed by atoms with E-state index in [1.807, 2.05) is 26.0 Å². The fourth-order valence-electron chi connectivity index (χ4n) is 2.44. The van der Waals surface area contributed by atoms with Crippen LogP contribution < -0.4 is 10.6 Å². The van der Waals surface area contributed by atoms with Gasteiger partial charge in [0.25, 0.3) is 5.91 Å². The number of esters is 1. The van der Waals surface area contributed by atoms with E-state index in [2.05, 4.69) is 29.0 Å². The van der Waals surface area contributed by atoms with E-state index in [1.165, 1.54) is 13.1 Å². The summed E-state index contributed by atoms with van der Waals surface area (Å²) in [5.41, 5.74) is 2.54. The predicted octanol–water partition coefficient (Wildman–Crippen LogP) is 1.07. The molecule has 27 heavy (non-hydrogen) atoms. The summed E-state index contributed by atoms with van der Waals surface area (Å²) in [7, 11) is 1.44. The third kappa shape index (κ3) is 6.62. The lowest BCUT2D eigenvalue weighted by Crippen LogP contribution is -2.37. The molecule has 0 aliphatic heterocycles. The third-order valence-corrected chi connectivity index (χ3v) is 3.86. The van der Waals surface area contributed by atoms with Gasteiger partial charge in [0.2, 0.25) is 5.91 Å². The van der Waals surface area contributed by atoms with Crippen LogP contribution >= 0.6 is 0 Å². The van der Waals surface area contributed by atoms with Crippen molar-refractivity contribution in [2.24, 2.45) is 5.92 Å². The summed E-state index contributed by atoms with van der Waals surface area (Å²) in [6.07, 6.45) is 1.46. The molecule has 1 rings (SSSR count). The Bertz CT molecular complexity index is 784. The van der Waals surface area contributed by atoms with Gasteiger partial charge in [-0.15, -0.1) is 0 Å². The summed E-state index contributed by atoms with van der Waals surface area (Å²) in [6.45, 7) is 8.17. The lowest BCUT2D eigenvalue weighted by atomic mass is 10.1. The molecule has 0 spiro atoms. The van der Waals surface area contributed by atoms with Crippen molar-refractivity contribution in [2.45, 2.75) is 34.2 Å². The van der Waals surface area contributed by atoms with E-state index < -0.39 is 18.5 Å². The molecule has 0 bridgehead atoms. The molecule has 0 saturated heterocycles. The molecular weight excluding hydrogens is 348 g/mol. The summed E-state index contributed by atoms with van der Waals surface area (Å²) in [6, 6.07) is 3.71. The SMILES string of the molecule is CNC(=O)CNC(=O)COC(=O)/C(C#N)=C/c1cc(C)n(CC(C)C)c1C. The summed E-state index contributed by atoms with van der Waals surface area (Å²) in [5, 5.41) is 13.9. The van der Waals surface area contributed by atoms with Crippen LogP contribution in [0.1, 0.15) is 30.8 Å². The number of nitrogens with one attached hydrogen (secondary N) is 2. The molecule has 1 aromatic rings. The number of aromatic nitrogens is 1. The molecular formula is C19H26N4O4. The maximum absolute atomic E-state index is 12.1. The maximum Gasteiger partial charge on any atom is 0.349 e. The monoisotopic (exact) mass is 374 g/mol. The zero-order chi connectivity index (χ0) is 20.6. The van der Waals surface area contributed by atoms with Crippen LogP contribution in [0.5, 0.6) is 0 Å². The number of carbonyl (C=O) groups is 3. The van der Waals surface area contributed by atoms with Crippen LogP contribution in [0.3, 0.4) is 0 Å². The van der Waals surface area contributed by atoms with Gasteiger partial charge < -0.3 is 19.9 Å². The Labute approximate surface area is 159 Å². The summed E-state index contributed by atoms with van der Waals surface area (Å²) >= 11 is 0. The van der Waals surface area contributed by atoms with Crippen LogP contribution in [0.25, 0.3) is 6.08 Å². The van der Waals surface area contributed by atoms with Gasteiger partial charge in [0.15, 0.2) is 6.61 Å². The van der Waals surface area contributed by atoms with Crippen LogP contribution in [0.2, 0.25) is 0 Å². The molecule has 0 fully saturated rings. The molecule has 2 amide bonds. The Hall–Kier alpha value is -3.08. The molecule has 1 heterocycles. The first kappa shape index (κ1) is 22.0. The van der Waals surface area contributed by atoms with Gasteiger partial charge in [0.1, 0.15) is 11.6 Å². The van der Waals surface area contributed by atoms with Gasteiger partial charge in [-0.2, -0.15) is 5.26 Å². The van der Waals surface area contributed by atoms with Gasteiger partial charge in [0, 0.05) is 25.0 Å². The number of aryl methyl sites for hydroxylation is 1. The minimum Gasteiger partial charge on any atom is -0.451 e. The van der Waals surface area contributed by atoms with Crippen LogP contribution in [-0.2, 0) is 25.7 Å². The molecule has 8 nitrogen and oxygen atoms in total. The minimum absolute atomic E-state index is 0.195. The van der Waals surface area contributed by atoms with Gasteiger partial charge in [0.05, 0.1) is 6.54 Å². The average molecular weight is 374 g/mol. The van der Waals surface area contributed by atoms with Crippen molar-refractivity contribution in [3.8, 4) is 6.07 Å². The van der Waals surface area contributed by atoms with E-state index in [0.29, 0.717) is 5.92 Å². The Kier molecular flexibility index (Phi) is 8.27. The summed E-state index contributed by atoms with van der Waals surface area (Å²) in [5.74, 6) is -1.43. The number of ether oxygens (including phenoxy) is 1. The van der Waals surface area contributed by atoms with E-state index in [-0.39, 0.29) is 18.0 Å². The molecule has 0 aliphatic rings. The first-order valence-electron chi connectivity index (χ1n) is 8.62. The molecule has 8 heteroatoms. The number of hydrogen-bond acceptors (Lipinski definition) is 5. The molecule has 2 N–H and O–H groups in total. The average Bonchev–Trinajstić information content (AvgIpc) is 2.88. The number of carbonyl (C=O) groups excluding carboxylic acids is 3. The van der Waals surface area contributed by atoms with Crippen LogP contribution in [-0.4, -0.2) is 42.6 Å². The number of rotatable bonds is 8. The van der Waals surface area contributed by atoms with Crippen molar-refractivity contribution in [1.82, 2.24) is 15.2 Å². The molecule has 0 atom stereocenters. The Balaban J connectivity index is 2.80. The second-order valence-corrected chi connectivity index (χ2v) is 6.53.